The number of rotatable bonds is 10. The van der Waals surface area contributed by atoms with Crippen molar-refractivity contribution in [3.8, 4) is 0 Å². The van der Waals surface area contributed by atoms with Crippen LogP contribution in [0.2, 0.25) is 0 Å². The van der Waals surface area contributed by atoms with Crippen LogP contribution in [0.25, 0.3) is 0 Å². The number of hydrogen-bond acceptors (Lipinski definition) is 4. The molecule has 0 spiro atoms. The lowest BCUT2D eigenvalue weighted by Crippen LogP contribution is -2.43. The largest absolute Gasteiger partial charge is 0.369 e. The SMILES string of the molecule is CCNC(=NCC1CCCN1Cc1ccccc1)NCCCN1CCCC(C(N)=O)C1. The van der Waals surface area contributed by atoms with Gasteiger partial charge >= 0.3 is 0 Å². The smallest absolute Gasteiger partial charge is 0.221 e. The third-order valence-corrected chi connectivity index (χ3v) is 6.38. The number of amides is 1. The van der Waals surface area contributed by atoms with Gasteiger partial charge in [-0.25, -0.2) is 0 Å². The van der Waals surface area contributed by atoms with Crippen molar-refractivity contribution >= 4 is 11.9 Å². The van der Waals surface area contributed by atoms with Crippen molar-refractivity contribution in [2.45, 2.75) is 51.6 Å². The van der Waals surface area contributed by atoms with Gasteiger partial charge in [-0.15, -0.1) is 0 Å². The molecular weight excluding hydrogens is 388 g/mol. The minimum atomic E-state index is -0.155. The molecule has 3 rings (SSSR count). The van der Waals surface area contributed by atoms with Crippen molar-refractivity contribution in [3.63, 3.8) is 0 Å². The Labute approximate surface area is 187 Å². The van der Waals surface area contributed by atoms with Crippen LogP contribution in [0, 0.1) is 5.92 Å². The maximum Gasteiger partial charge on any atom is 0.221 e. The molecule has 0 aromatic heterocycles. The Balaban J connectivity index is 1.41. The molecule has 2 fully saturated rings. The van der Waals surface area contributed by atoms with E-state index in [1.807, 2.05) is 0 Å². The summed E-state index contributed by atoms with van der Waals surface area (Å²) < 4.78 is 0. The first-order valence-corrected chi connectivity index (χ1v) is 12.0. The first kappa shape index (κ1) is 23.5. The predicted molar refractivity (Wildman–Crippen MR) is 127 cm³/mol. The van der Waals surface area contributed by atoms with Gasteiger partial charge in [0, 0.05) is 32.2 Å². The van der Waals surface area contributed by atoms with Crippen LogP contribution in [0.15, 0.2) is 35.3 Å². The number of nitrogens with zero attached hydrogens (tertiary/aromatic N) is 3. The van der Waals surface area contributed by atoms with Gasteiger partial charge in [0.05, 0.1) is 12.5 Å². The van der Waals surface area contributed by atoms with Crippen LogP contribution in [-0.2, 0) is 11.3 Å². The van der Waals surface area contributed by atoms with E-state index in [9.17, 15) is 4.79 Å². The standard InChI is InChI=1S/C24H40N6O/c1-2-26-24(27-13-8-15-29-14-6-11-21(19-29)23(25)31)28-17-22-12-7-16-30(22)18-20-9-4-3-5-10-20/h3-5,9-10,21-22H,2,6-8,11-19H2,1H3,(H2,25,31)(H2,26,27,28). The molecule has 1 amide bonds. The molecular formula is C24H40N6O. The lowest BCUT2D eigenvalue weighted by atomic mass is 9.97. The van der Waals surface area contributed by atoms with Crippen LogP contribution in [0.1, 0.15) is 44.6 Å². The van der Waals surface area contributed by atoms with Gasteiger partial charge in [0.25, 0.3) is 0 Å². The van der Waals surface area contributed by atoms with Crippen LogP contribution in [0.3, 0.4) is 0 Å². The van der Waals surface area contributed by atoms with E-state index >= 15 is 0 Å². The second-order valence-electron chi connectivity index (χ2n) is 8.79. The third-order valence-electron chi connectivity index (χ3n) is 6.38. The molecule has 0 bridgehead atoms. The van der Waals surface area contributed by atoms with Crippen molar-refractivity contribution < 1.29 is 4.79 Å². The monoisotopic (exact) mass is 428 g/mol. The summed E-state index contributed by atoms with van der Waals surface area (Å²) in [6.45, 7) is 9.69. The fraction of sp³-hybridized carbons (Fsp3) is 0.667. The minimum Gasteiger partial charge on any atom is -0.369 e. The summed E-state index contributed by atoms with van der Waals surface area (Å²) in [6, 6.07) is 11.2. The normalized spacial score (nSPS) is 23.1. The highest BCUT2D eigenvalue weighted by Gasteiger charge is 2.25. The molecule has 2 atom stereocenters. The van der Waals surface area contributed by atoms with Gasteiger partial charge < -0.3 is 21.3 Å². The van der Waals surface area contributed by atoms with E-state index in [1.54, 1.807) is 0 Å². The Morgan fingerprint density at radius 3 is 2.74 bits per heavy atom. The molecule has 0 aliphatic carbocycles. The molecule has 7 nitrogen and oxygen atoms in total. The molecule has 2 unspecified atom stereocenters. The lowest BCUT2D eigenvalue weighted by molar-refractivity contribution is -0.123. The summed E-state index contributed by atoms with van der Waals surface area (Å²) in [5, 5.41) is 6.86. The second kappa shape index (κ2) is 12.7. The molecule has 1 aromatic rings. The molecule has 4 N–H and O–H groups in total. The van der Waals surface area contributed by atoms with Gasteiger partial charge in [-0.05, 0) is 64.2 Å². The second-order valence-corrected chi connectivity index (χ2v) is 8.79. The van der Waals surface area contributed by atoms with Crippen molar-refractivity contribution in [2.24, 2.45) is 16.6 Å². The molecule has 172 valence electrons. The molecule has 2 aliphatic rings. The van der Waals surface area contributed by atoms with Crippen LogP contribution in [0.5, 0.6) is 0 Å². The number of piperidine rings is 1. The number of aliphatic imine (C=N–C) groups is 1. The number of carbonyl (C=O) groups excluding carboxylic acids is 1. The van der Waals surface area contributed by atoms with E-state index in [1.165, 1.54) is 18.4 Å². The van der Waals surface area contributed by atoms with E-state index in [0.29, 0.717) is 6.04 Å². The van der Waals surface area contributed by atoms with Crippen molar-refractivity contribution in [3.05, 3.63) is 35.9 Å². The number of benzene rings is 1. The number of nitrogens with two attached hydrogens (primary N) is 1. The van der Waals surface area contributed by atoms with E-state index in [4.69, 9.17) is 10.7 Å². The molecule has 2 heterocycles. The highest BCUT2D eigenvalue weighted by Crippen LogP contribution is 2.20. The van der Waals surface area contributed by atoms with Gasteiger partial charge in [-0.2, -0.15) is 0 Å². The maximum atomic E-state index is 11.5. The van der Waals surface area contributed by atoms with Crippen LogP contribution in [-0.4, -0.2) is 73.5 Å². The quantitative estimate of drug-likeness (QED) is 0.301. The summed E-state index contributed by atoms with van der Waals surface area (Å²) in [7, 11) is 0. The summed E-state index contributed by atoms with van der Waals surface area (Å²) in [6.07, 6.45) is 5.49. The third kappa shape index (κ3) is 7.82. The van der Waals surface area contributed by atoms with Crippen LogP contribution in [0.4, 0.5) is 0 Å². The number of primary amides is 1. The first-order chi connectivity index (χ1) is 15.2. The fourth-order valence-corrected chi connectivity index (χ4v) is 4.67. The Kier molecular flexibility index (Phi) is 9.62. The van der Waals surface area contributed by atoms with E-state index in [0.717, 1.165) is 77.6 Å². The molecule has 2 aliphatic heterocycles. The molecule has 2 saturated heterocycles. The summed E-state index contributed by atoms with van der Waals surface area (Å²) in [4.78, 5) is 21.3. The van der Waals surface area contributed by atoms with Gasteiger partial charge in [-0.1, -0.05) is 30.3 Å². The minimum absolute atomic E-state index is 0.0193. The van der Waals surface area contributed by atoms with Gasteiger partial charge in [0.1, 0.15) is 0 Å². The maximum absolute atomic E-state index is 11.5. The zero-order valence-corrected chi connectivity index (χ0v) is 19.1. The number of guanidine groups is 1. The summed E-state index contributed by atoms with van der Waals surface area (Å²) in [5.41, 5.74) is 6.86. The fourth-order valence-electron chi connectivity index (χ4n) is 4.67. The first-order valence-electron chi connectivity index (χ1n) is 12.0. The average molecular weight is 429 g/mol. The van der Waals surface area contributed by atoms with E-state index in [-0.39, 0.29) is 11.8 Å². The topological polar surface area (TPSA) is 86.0 Å². The highest BCUT2D eigenvalue weighted by atomic mass is 16.1. The molecule has 1 aromatic carbocycles. The van der Waals surface area contributed by atoms with Crippen LogP contribution < -0.4 is 16.4 Å². The Morgan fingerprint density at radius 2 is 1.97 bits per heavy atom. The van der Waals surface area contributed by atoms with Gasteiger partial charge in [0.15, 0.2) is 5.96 Å². The highest BCUT2D eigenvalue weighted by molar-refractivity contribution is 5.79. The van der Waals surface area contributed by atoms with Crippen molar-refractivity contribution in [1.82, 2.24) is 20.4 Å². The Hall–Kier alpha value is -2.12. The Morgan fingerprint density at radius 1 is 1.16 bits per heavy atom. The van der Waals surface area contributed by atoms with Gasteiger partial charge in [0.2, 0.25) is 5.91 Å². The number of nitrogens with one attached hydrogen (secondary N) is 2. The zero-order valence-electron chi connectivity index (χ0n) is 19.1. The summed E-state index contributed by atoms with van der Waals surface area (Å²) >= 11 is 0. The molecule has 7 heteroatoms. The summed E-state index contributed by atoms with van der Waals surface area (Å²) in [5.74, 6) is 0.770. The molecule has 0 radical (unpaired) electrons. The van der Waals surface area contributed by atoms with E-state index in [2.05, 4.69) is 57.7 Å². The van der Waals surface area contributed by atoms with Crippen molar-refractivity contribution in [2.75, 3.05) is 45.8 Å². The molecule has 0 saturated carbocycles. The molecule has 31 heavy (non-hydrogen) atoms. The zero-order chi connectivity index (χ0) is 21.9. The predicted octanol–water partition coefficient (Wildman–Crippen LogP) is 1.79. The average Bonchev–Trinajstić information content (AvgIpc) is 3.22. The van der Waals surface area contributed by atoms with Crippen LogP contribution >= 0.6 is 0 Å². The van der Waals surface area contributed by atoms with Gasteiger partial charge in [-0.3, -0.25) is 14.7 Å². The number of hydrogen-bond donors (Lipinski definition) is 3. The number of carbonyl (C=O) groups is 1. The van der Waals surface area contributed by atoms with Crippen molar-refractivity contribution in [1.29, 1.82) is 0 Å². The Bertz CT molecular complexity index is 695. The lowest BCUT2D eigenvalue weighted by Gasteiger charge is -2.31. The van der Waals surface area contributed by atoms with E-state index < -0.39 is 0 Å². The number of likely N-dealkylation sites (tertiary alicyclic amines) is 2.